The number of nitrogens with zero attached hydrogens (tertiary/aromatic N) is 6. The Bertz CT molecular complexity index is 1020. The second kappa shape index (κ2) is 8.24. The Labute approximate surface area is 184 Å². The van der Waals surface area contributed by atoms with Gasteiger partial charge in [-0.2, -0.15) is 0 Å². The van der Waals surface area contributed by atoms with Crippen LogP contribution in [0.1, 0.15) is 43.0 Å². The third-order valence-corrected chi connectivity index (χ3v) is 7.15. The average molecular weight is 417 g/mol. The van der Waals surface area contributed by atoms with Gasteiger partial charge in [-0.3, -0.25) is 19.2 Å². The number of anilines is 1. The van der Waals surface area contributed by atoms with E-state index in [4.69, 9.17) is 4.98 Å². The van der Waals surface area contributed by atoms with Gasteiger partial charge >= 0.3 is 0 Å². The van der Waals surface area contributed by atoms with Crippen LogP contribution in [0, 0.1) is 5.92 Å². The van der Waals surface area contributed by atoms with Crippen LogP contribution >= 0.6 is 0 Å². The second-order valence-electron chi connectivity index (χ2n) is 9.52. The van der Waals surface area contributed by atoms with E-state index in [2.05, 4.69) is 54.5 Å². The van der Waals surface area contributed by atoms with Crippen molar-refractivity contribution in [2.75, 3.05) is 44.2 Å². The zero-order valence-corrected chi connectivity index (χ0v) is 18.2. The molecule has 31 heavy (non-hydrogen) atoms. The summed E-state index contributed by atoms with van der Waals surface area (Å²) in [5.74, 6) is 2.19. The number of aromatic nitrogens is 3. The van der Waals surface area contributed by atoms with Crippen LogP contribution in [0.5, 0.6) is 0 Å². The molecule has 0 aromatic carbocycles. The van der Waals surface area contributed by atoms with Gasteiger partial charge < -0.3 is 4.90 Å². The lowest BCUT2D eigenvalue weighted by Gasteiger charge is -2.41. The maximum atomic E-state index is 5.14. The molecule has 2 aliphatic heterocycles. The molecule has 1 unspecified atom stereocenters. The van der Waals surface area contributed by atoms with E-state index in [-0.39, 0.29) is 0 Å². The molecule has 0 radical (unpaired) electrons. The van der Waals surface area contributed by atoms with E-state index in [1.807, 2.05) is 18.5 Å². The predicted octanol–water partition coefficient (Wildman–Crippen LogP) is 3.60. The number of hydrogen-bond acceptors (Lipinski definition) is 5. The molecule has 1 aliphatic carbocycles. The van der Waals surface area contributed by atoms with E-state index in [0.29, 0.717) is 6.04 Å². The van der Waals surface area contributed by atoms with E-state index in [1.165, 1.54) is 49.3 Å². The monoisotopic (exact) mass is 416 g/mol. The molecule has 6 rings (SSSR count). The average Bonchev–Trinajstić information content (AvgIpc) is 3.26. The molecule has 3 aliphatic rings. The van der Waals surface area contributed by atoms with Crippen molar-refractivity contribution in [1.29, 1.82) is 0 Å². The third-order valence-electron chi connectivity index (χ3n) is 7.15. The van der Waals surface area contributed by atoms with Crippen LogP contribution in [0.3, 0.4) is 0 Å². The van der Waals surface area contributed by atoms with Crippen molar-refractivity contribution in [2.24, 2.45) is 5.92 Å². The van der Waals surface area contributed by atoms with Gasteiger partial charge in [0.1, 0.15) is 11.5 Å². The predicted molar refractivity (Wildman–Crippen MR) is 123 cm³/mol. The van der Waals surface area contributed by atoms with Crippen molar-refractivity contribution in [2.45, 2.75) is 38.3 Å². The first kappa shape index (κ1) is 19.3. The SMILES string of the molecule is c1cncc(CN2CCN(CC3CC3)C(c3cn4c(N5CCCC5)cccc4n3)C2)c1. The van der Waals surface area contributed by atoms with Crippen LogP contribution in [-0.4, -0.2) is 63.4 Å². The molecule has 0 spiro atoms. The zero-order valence-electron chi connectivity index (χ0n) is 18.2. The first-order chi connectivity index (χ1) is 15.3. The first-order valence-corrected chi connectivity index (χ1v) is 11.9. The van der Waals surface area contributed by atoms with Crippen molar-refractivity contribution in [3.05, 3.63) is 60.2 Å². The van der Waals surface area contributed by atoms with Crippen LogP contribution in [-0.2, 0) is 6.54 Å². The molecular formula is C25H32N6. The second-order valence-corrected chi connectivity index (χ2v) is 9.52. The van der Waals surface area contributed by atoms with Gasteiger partial charge in [-0.1, -0.05) is 12.1 Å². The fraction of sp³-hybridized carbons (Fsp3) is 0.520. The Morgan fingerprint density at radius 2 is 1.87 bits per heavy atom. The van der Waals surface area contributed by atoms with Gasteiger partial charge in [0.05, 0.1) is 11.7 Å². The number of imidazole rings is 1. The maximum Gasteiger partial charge on any atom is 0.138 e. The fourth-order valence-electron chi connectivity index (χ4n) is 5.28. The molecule has 6 heteroatoms. The normalized spacial score (nSPS) is 23.1. The van der Waals surface area contributed by atoms with E-state index >= 15 is 0 Å². The lowest BCUT2D eigenvalue weighted by Crippen LogP contribution is -2.48. The Kier molecular flexibility index (Phi) is 5.12. The quantitative estimate of drug-likeness (QED) is 0.614. The van der Waals surface area contributed by atoms with Gasteiger partial charge in [-0.15, -0.1) is 0 Å². The zero-order chi connectivity index (χ0) is 20.6. The smallest absolute Gasteiger partial charge is 0.138 e. The largest absolute Gasteiger partial charge is 0.358 e. The number of piperazine rings is 1. The minimum absolute atomic E-state index is 0.359. The summed E-state index contributed by atoms with van der Waals surface area (Å²) in [7, 11) is 0. The summed E-state index contributed by atoms with van der Waals surface area (Å²) in [6.45, 7) is 7.76. The molecule has 1 atom stereocenters. The summed E-state index contributed by atoms with van der Waals surface area (Å²) in [4.78, 5) is 17.2. The van der Waals surface area contributed by atoms with Crippen LogP contribution in [0.4, 0.5) is 5.82 Å². The molecular weight excluding hydrogens is 384 g/mol. The summed E-state index contributed by atoms with van der Waals surface area (Å²) < 4.78 is 2.33. The lowest BCUT2D eigenvalue weighted by atomic mass is 10.1. The Balaban J connectivity index is 1.29. The Morgan fingerprint density at radius 3 is 2.68 bits per heavy atom. The van der Waals surface area contributed by atoms with Gasteiger partial charge in [0, 0.05) is 64.4 Å². The molecule has 0 bridgehead atoms. The third kappa shape index (κ3) is 4.06. The van der Waals surface area contributed by atoms with Gasteiger partial charge in [0.2, 0.25) is 0 Å². The topological polar surface area (TPSA) is 39.9 Å². The Morgan fingerprint density at radius 1 is 0.968 bits per heavy atom. The number of rotatable bonds is 6. The number of fused-ring (bicyclic) bond motifs is 1. The minimum atomic E-state index is 0.359. The van der Waals surface area contributed by atoms with Crippen molar-refractivity contribution in [1.82, 2.24) is 24.2 Å². The highest BCUT2D eigenvalue weighted by Crippen LogP contribution is 2.35. The molecule has 5 heterocycles. The first-order valence-electron chi connectivity index (χ1n) is 11.9. The van der Waals surface area contributed by atoms with Gasteiger partial charge in [0.15, 0.2) is 0 Å². The van der Waals surface area contributed by atoms with Crippen molar-refractivity contribution in [3.63, 3.8) is 0 Å². The standard InChI is InChI=1S/C25H32N6/c1-2-12-29(11-1)25-7-3-6-24-27-22(18-31(24)25)23-19-28(16-21-5-4-10-26-15-21)13-14-30(23)17-20-8-9-20/h3-7,10,15,18,20,23H,1-2,8-9,11-14,16-17,19H2. The van der Waals surface area contributed by atoms with Crippen LogP contribution in [0.25, 0.3) is 5.65 Å². The van der Waals surface area contributed by atoms with Crippen LogP contribution in [0.2, 0.25) is 0 Å². The molecule has 3 fully saturated rings. The molecule has 0 amide bonds. The minimum Gasteiger partial charge on any atom is -0.358 e. The molecule has 0 N–H and O–H groups in total. The van der Waals surface area contributed by atoms with Crippen LogP contribution in [0.15, 0.2) is 48.9 Å². The van der Waals surface area contributed by atoms with Gasteiger partial charge in [-0.05, 0) is 55.4 Å². The highest BCUT2D eigenvalue weighted by Gasteiger charge is 2.34. The van der Waals surface area contributed by atoms with Gasteiger partial charge in [0.25, 0.3) is 0 Å². The summed E-state index contributed by atoms with van der Waals surface area (Å²) >= 11 is 0. The van der Waals surface area contributed by atoms with E-state index in [1.54, 1.807) is 0 Å². The molecule has 2 saturated heterocycles. The summed E-state index contributed by atoms with van der Waals surface area (Å²) in [5.41, 5.74) is 3.60. The molecule has 162 valence electrons. The van der Waals surface area contributed by atoms with Crippen molar-refractivity contribution < 1.29 is 0 Å². The maximum absolute atomic E-state index is 5.14. The van der Waals surface area contributed by atoms with Crippen molar-refractivity contribution in [3.8, 4) is 0 Å². The Hall–Kier alpha value is -2.44. The lowest BCUT2D eigenvalue weighted by molar-refractivity contribution is 0.0639. The van der Waals surface area contributed by atoms with E-state index in [0.717, 1.165) is 50.8 Å². The summed E-state index contributed by atoms with van der Waals surface area (Å²) in [6, 6.07) is 11.2. The summed E-state index contributed by atoms with van der Waals surface area (Å²) in [6.07, 6.45) is 11.5. The molecule has 3 aromatic heterocycles. The molecule has 3 aromatic rings. The van der Waals surface area contributed by atoms with E-state index in [9.17, 15) is 0 Å². The molecule has 6 nitrogen and oxygen atoms in total. The van der Waals surface area contributed by atoms with Crippen LogP contribution < -0.4 is 4.90 Å². The number of pyridine rings is 2. The number of hydrogen-bond donors (Lipinski definition) is 0. The van der Waals surface area contributed by atoms with Crippen molar-refractivity contribution >= 4 is 11.5 Å². The highest BCUT2D eigenvalue weighted by atomic mass is 15.3. The van der Waals surface area contributed by atoms with E-state index < -0.39 is 0 Å². The van der Waals surface area contributed by atoms with Gasteiger partial charge in [-0.25, -0.2) is 4.98 Å². The molecule has 1 saturated carbocycles. The fourth-order valence-corrected chi connectivity index (χ4v) is 5.28. The summed E-state index contributed by atoms with van der Waals surface area (Å²) in [5, 5.41) is 0. The highest BCUT2D eigenvalue weighted by molar-refractivity contribution is 5.53.